The average Bonchev–Trinajstić information content (AvgIpc) is 2.92. The van der Waals surface area contributed by atoms with E-state index in [9.17, 15) is 0 Å². The zero-order valence-electron chi connectivity index (χ0n) is 16.1. The Bertz CT molecular complexity index is 535. The van der Waals surface area contributed by atoms with Crippen LogP contribution in [-0.2, 0) is 11.3 Å². The Morgan fingerprint density at radius 2 is 2.00 bits per heavy atom. The lowest BCUT2D eigenvalue weighted by atomic mass is 10.1. The standard InChI is InChI=1S/C19H32N4O.HI/c1-15-11-17(13-23(15)12-16-9-7-6-8-10-16)22-18(20-4)21-14-19(2,3)24-5;/h6-10,15,17H,11-14H2,1-5H3,(H2,20,21,22);1H. The second-order valence-corrected chi connectivity index (χ2v) is 7.23. The predicted octanol–water partition coefficient (Wildman–Crippen LogP) is 2.86. The molecule has 0 aromatic heterocycles. The smallest absolute Gasteiger partial charge is 0.191 e. The molecule has 2 unspecified atom stereocenters. The van der Waals surface area contributed by atoms with Gasteiger partial charge in [0.05, 0.1) is 5.60 Å². The first-order valence-corrected chi connectivity index (χ1v) is 8.74. The quantitative estimate of drug-likeness (QED) is 0.390. The van der Waals surface area contributed by atoms with E-state index in [2.05, 4.69) is 71.6 Å². The molecule has 1 aromatic rings. The Morgan fingerprint density at radius 1 is 1.32 bits per heavy atom. The number of nitrogens with zero attached hydrogens (tertiary/aromatic N) is 2. The summed E-state index contributed by atoms with van der Waals surface area (Å²) in [6, 6.07) is 11.7. The second kappa shape index (κ2) is 10.3. The first-order valence-electron chi connectivity index (χ1n) is 8.74. The van der Waals surface area contributed by atoms with Crippen molar-refractivity contribution < 1.29 is 4.74 Å². The SMILES string of the molecule is CN=C(NCC(C)(C)OC)NC1CC(C)N(Cc2ccccc2)C1.I. The van der Waals surface area contributed by atoms with E-state index in [1.807, 2.05) is 7.05 Å². The van der Waals surface area contributed by atoms with Gasteiger partial charge < -0.3 is 15.4 Å². The molecule has 0 bridgehead atoms. The molecule has 2 rings (SSSR count). The van der Waals surface area contributed by atoms with Gasteiger partial charge in [-0.2, -0.15) is 0 Å². The third-order valence-corrected chi connectivity index (χ3v) is 4.73. The molecular formula is C19H33IN4O. The van der Waals surface area contributed by atoms with Crippen LogP contribution in [0.15, 0.2) is 35.3 Å². The molecule has 5 nitrogen and oxygen atoms in total. The summed E-state index contributed by atoms with van der Waals surface area (Å²) in [6.45, 7) is 9.18. The molecule has 1 fully saturated rings. The topological polar surface area (TPSA) is 48.9 Å². The highest BCUT2D eigenvalue weighted by Crippen LogP contribution is 2.20. The van der Waals surface area contributed by atoms with Crippen molar-refractivity contribution in [2.45, 2.75) is 51.4 Å². The van der Waals surface area contributed by atoms with Gasteiger partial charge in [0.1, 0.15) is 0 Å². The van der Waals surface area contributed by atoms with Crippen LogP contribution in [0.4, 0.5) is 0 Å². The van der Waals surface area contributed by atoms with Gasteiger partial charge in [-0.15, -0.1) is 24.0 Å². The minimum Gasteiger partial charge on any atom is -0.377 e. The van der Waals surface area contributed by atoms with E-state index in [-0.39, 0.29) is 29.6 Å². The number of halogens is 1. The van der Waals surface area contributed by atoms with Crippen LogP contribution in [0, 0.1) is 0 Å². The first-order chi connectivity index (χ1) is 11.4. The van der Waals surface area contributed by atoms with Crippen LogP contribution in [0.25, 0.3) is 0 Å². The average molecular weight is 460 g/mol. The maximum absolute atomic E-state index is 5.45. The van der Waals surface area contributed by atoms with E-state index in [0.29, 0.717) is 12.1 Å². The highest BCUT2D eigenvalue weighted by Gasteiger charge is 2.29. The lowest BCUT2D eigenvalue weighted by molar-refractivity contribution is 0.0268. The number of methoxy groups -OCH3 is 1. The number of rotatable bonds is 6. The fourth-order valence-corrected chi connectivity index (χ4v) is 3.00. The minimum absolute atomic E-state index is 0. The van der Waals surface area contributed by atoms with Crippen LogP contribution >= 0.6 is 24.0 Å². The second-order valence-electron chi connectivity index (χ2n) is 7.23. The number of ether oxygens (including phenoxy) is 1. The Morgan fingerprint density at radius 3 is 2.60 bits per heavy atom. The van der Waals surface area contributed by atoms with Crippen molar-refractivity contribution in [3.63, 3.8) is 0 Å². The Hall–Kier alpha value is -0.860. The molecule has 1 aliphatic rings. The van der Waals surface area contributed by atoms with Crippen molar-refractivity contribution in [1.82, 2.24) is 15.5 Å². The maximum atomic E-state index is 5.45. The number of aliphatic imine (C=N–C) groups is 1. The van der Waals surface area contributed by atoms with Gasteiger partial charge in [0.25, 0.3) is 0 Å². The van der Waals surface area contributed by atoms with Gasteiger partial charge in [0.15, 0.2) is 5.96 Å². The molecule has 2 N–H and O–H groups in total. The van der Waals surface area contributed by atoms with Crippen LogP contribution < -0.4 is 10.6 Å². The molecule has 1 aliphatic heterocycles. The van der Waals surface area contributed by atoms with Crippen LogP contribution in [0.2, 0.25) is 0 Å². The van der Waals surface area contributed by atoms with Gasteiger partial charge in [-0.25, -0.2) is 0 Å². The summed E-state index contributed by atoms with van der Waals surface area (Å²) >= 11 is 0. The summed E-state index contributed by atoms with van der Waals surface area (Å²) in [5.41, 5.74) is 1.16. The molecule has 1 saturated heterocycles. The molecule has 0 aliphatic carbocycles. The summed E-state index contributed by atoms with van der Waals surface area (Å²) in [5.74, 6) is 0.846. The largest absolute Gasteiger partial charge is 0.377 e. The number of likely N-dealkylation sites (tertiary alicyclic amines) is 1. The molecule has 6 heteroatoms. The van der Waals surface area contributed by atoms with Crippen molar-refractivity contribution in [3.05, 3.63) is 35.9 Å². The van der Waals surface area contributed by atoms with Gasteiger partial charge in [-0.05, 0) is 32.8 Å². The Balaban J connectivity index is 0.00000312. The summed E-state index contributed by atoms with van der Waals surface area (Å²) < 4.78 is 5.45. The summed E-state index contributed by atoms with van der Waals surface area (Å²) in [4.78, 5) is 6.87. The van der Waals surface area contributed by atoms with E-state index in [4.69, 9.17) is 4.74 Å². The monoisotopic (exact) mass is 460 g/mol. The minimum atomic E-state index is -0.208. The van der Waals surface area contributed by atoms with Gasteiger partial charge in [-0.3, -0.25) is 9.89 Å². The molecule has 1 heterocycles. The highest BCUT2D eigenvalue weighted by molar-refractivity contribution is 14.0. The summed E-state index contributed by atoms with van der Waals surface area (Å²) in [6.07, 6.45) is 1.13. The molecule has 142 valence electrons. The van der Waals surface area contributed by atoms with Gasteiger partial charge >= 0.3 is 0 Å². The maximum Gasteiger partial charge on any atom is 0.191 e. The molecule has 1 aromatic carbocycles. The number of hydrogen-bond acceptors (Lipinski definition) is 3. The first kappa shape index (κ1) is 22.2. The van der Waals surface area contributed by atoms with Crippen LogP contribution in [0.3, 0.4) is 0 Å². The molecule has 0 spiro atoms. The lowest BCUT2D eigenvalue weighted by Gasteiger charge is -2.25. The van der Waals surface area contributed by atoms with Crippen LogP contribution in [0.5, 0.6) is 0 Å². The van der Waals surface area contributed by atoms with Crippen LogP contribution in [-0.4, -0.2) is 55.8 Å². The normalized spacial score (nSPS) is 21.7. The number of guanidine groups is 1. The molecular weight excluding hydrogens is 427 g/mol. The van der Waals surface area contributed by atoms with Crippen molar-refractivity contribution >= 4 is 29.9 Å². The van der Waals surface area contributed by atoms with Gasteiger partial charge in [0, 0.05) is 45.9 Å². The Labute approximate surface area is 169 Å². The predicted molar refractivity (Wildman–Crippen MR) is 116 cm³/mol. The fraction of sp³-hybridized carbons (Fsp3) is 0.632. The van der Waals surface area contributed by atoms with Crippen molar-refractivity contribution in [1.29, 1.82) is 0 Å². The van der Waals surface area contributed by atoms with Crippen molar-refractivity contribution in [2.75, 3.05) is 27.2 Å². The third-order valence-electron chi connectivity index (χ3n) is 4.73. The summed E-state index contributed by atoms with van der Waals surface area (Å²) in [7, 11) is 3.55. The highest BCUT2D eigenvalue weighted by atomic mass is 127. The Kier molecular flexibility index (Phi) is 9.16. The van der Waals surface area contributed by atoms with Crippen molar-refractivity contribution in [3.8, 4) is 0 Å². The zero-order chi connectivity index (χ0) is 17.6. The molecule has 0 amide bonds. The van der Waals surface area contributed by atoms with Gasteiger partial charge in [0.2, 0.25) is 0 Å². The molecule has 0 saturated carbocycles. The third kappa shape index (κ3) is 7.11. The van der Waals surface area contributed by atoms with E-state index in [1.54, 1.807) is 7.11 Å². The van der Waals surface area contributed by atoms with E-state index >= 15 is 0 Å². The number of benzene rings is 1. The summed E-state index contributed by atoms with van der Waals surface area (Å²) in [5, 5.41) is 6.91. The number of nitrogens with one attached hydrogen (secondary N) is 2. The fourth-order valence-electron chi connectivity index (χ4n) is 3.00. The zero-order valence-corrected chi connectivity index (χ0v) is 18.4. The number of hydrogen-bond donors (Lipinski definition) is 2. The van der Waals surface area contributed by atoms with Crippen molar-refractivity contribution in [2.24, 2.45) is 4.99 Å². The lowest BCUT2D eigenvalue weighted by Crippen LogP contribution is -2.49. The molecule has 2 atom stereocenters. The van der Waals surface area contributed by atoms with Gasteiger partial charge in [-0.1, -0.05) is 30.3 Å². The van der Waals surface area contributed by atoms with Crippen LogP contribution in [0.1, 0.15) is 32.8 Å². The van der Waals surface area contributed by atoms with E-state index in [0.717, 1.165) is 32.0 Å². The molecule has 0 radical (unpaired) electrons. The van der Waals surface area contributed by atoms with E-state index in [1.165, 1.54) is 5.56 Å². The molecule has 25 heavy (non-hydrogen) atoms. The van der Waals surface area contributed by atoms with E-state index < -0.39 is 0 Å².